The van der Waals surface area contributed by atoms with Crippen LogP contribution in [0.4, 0.5) is 4.39 Å². The van der Waals surface area contributed by atoms with Crippen molar-refractivity contribution in [2.45, 2.75) is 44.6 Å². The number of benzene rings is 2. The van der Waals surface area contributed by atoms with Gasteiger partial charge in [0.25, 0.3) is 5.91 Å². The summed E-state index contributed by atoms with van der Waals surface area (Å²) in [7, 11) is 0. The molecule has 1 amide bonds. The van der Waals surface area contributed by atoms with Gasteiger partial charge in [-0.15, -0.1) is 0 Å². The van der Waals surface area contributed by atoms with Crippen LogP contribution in [0.1, 0.15) is 65.6 Å². The van der Waals surface area contributed by atoms with Gasteiger partial charge in [-0.25, -0.2) is 18.7 Å². The molecule has 0 saturated heterocycles. The summed E-state index contributed by atoms with van der Waals surface area (Å²) in [4.78, 5) is 31.3. The molecule has 0 spiro atoms. The molecule has 1 saturated carbocycles. The van der Waals surface area contributed by atoms with E-state index < -0.39 is 11.8 Å². The topological polar surface area (TPSA) is 87.8 Å². The number of fused-ring (bicyclic) bond motifs is 2. The van der Waals surface area contributed by atoms with Crippen LogP contribution in [0.2, 0.25) is 0 Å². The third kappa shape index (κ3) is 4.06. The van der Waals surface area contributed by atoms with Gasteiger partial charge in [-0.05, 0) is 55.5 Å². The molecule has 2 aromatic carbocycles. The van der Waals surface area contributed by atoms with E-state index in [4.69, 9.17) is 15.2 Å². The second-order valence-electron chi connectivity index (χ2n) is 10.4. The predicted molar refractivity (Wildman–Crippen MR) is 141 cm³/mol. The number of hydrogen-bond donors (Lipinski definition) is 1. The van der Waals surface area contributed by atoms with E-state index in [1.54, 1.807) is 22.7 Å². The number of amides is 1. The van der Waals surface area contributed by atoms with Crippen LogP contribution >= 0.6 is 0 Å². The Morgan fingerprint density at radius 1 is 1.13 bits per heavy atom. The van der Waals surface area contributed by atoms with Crippen molar-refractivity contribution in [2.24, 2.45) is 0 Å². The Morgan fingerprint density at radius 3 is 2.68 bits per heavy atom. The number of hydrogen-bond acceptors (Lipinski definition) is 4. The largest absolute Gasteiger partial charge is 0.478 e. The van der Waals surface area contributed by atoms with E-state index in [1.165, 1.54) is 17.7 Å². The highest BCUT2D eigenvalue weighted by Gasteiger charge is 2.42. The van der Waals surface area contributed by atoms with Gasteiger partial charge in [0.05, 0.1) is 17.4 Å². The zero-order valence-electron chi connectivity index (χ0n) is 21.2. The SMILES string of the molecule is C[C@@H]1c2ccccc2CCN1C(=O)c1cc(C2(C)CC2)n2nc(-c3cccc(/C=C/C(=O)O)c3F)cc2n1. The van der Waals surface area contributed by atoms with Crippen LogP contribution in [0.25, 0.3) is 23.0 Å². The monoisotopic (exact) mass is 510 g/mol. The maximum atomic E-state index is 15.3. The summed E-state index contributed by atoms with van der Waals surface area (Å²) in [6.07, 6.45) is 4.85. The summed E-state index contributed by atoms with van der Waals surface area (Å²) in [5.74, 6) is -1.85. The Hall–Kier alpha value is -4.33. The highest BCUT2D eigenvalue weighted by atomic mass is 19.1. The molecule has 1 fully saturated rings. The summed E-state index contributed by atoms with van der Waals surface area (Å²) in [5.41, 5.74) is 4.76. The summed E-state index contributed by atoms with van der Waals surface area (Å²) >= 11 is 0. The lowest BCUT2D eigenvalue weighted by Gasteiger charge is -2.35. The second kappa shape index (κ2) is 8.90. The van der Waals surface area contributed by atoms with E-state index in [2.05, 4.69) is 19.1 Å². The number of carboxylic acid groups (broad SMARTS) is 1. The van der Waals surface area contributed by atoms with Crippen molar-refractivity contribution in [3.05, 3.63) is 94.6 Å². The number of rotatable bonds is 5. The average Bonchev–Trinajstić information content (AvgIpc) is 3.51. The predicted octanol–water partition coefficient (Wildman–Crippen LogP) is 5.44. The van der Waals surface area contributed by atoms with Gasteiger partial charge in [-0.2, -0.15) is 5.10 Å². The van der Waals surface area contributed by atoms with E-state index in [0.717, 1.165) is 36.6 Å². The minimum Gasteiger partial charge on any atom is -0.478 e. The van der Waals surface area contributed by atoms with Crippen LogP contribution in [0.3, 0.4) is 0 Å². The smallest absolute Gasteiger partial charge is 0.328 e. The summed E-state index contributed by atoms with van der Waals surface area (Å²) < 4.78 is 17.0. The number of carbonyl (C=O) groups excluding carboxylic acids is 1. The molecular weight excluding hydrogens is 483 g/mol. The minimum absolute atomic E-state index is 0.0680. The molecule has 0 bridgehead atoms. The molecule has 3 heterocycles. The highest BCUT2D eigenvalue weighted by molar-refractivity contribution is 5.93. The molecule has 1 aliphatic carbocycles. The van der Waals surface area contributed by atoms with Crippen LogP contribution < -0.4 is 0 Å². The van der Waals surface area contributed by atoms with E-state index in [-0.39, 0.29) is 28.5 Å². The first kappa shape index (κ1) is 24.0. The van der Waals surface area contributed by atoms with Crippen molar-refractivity contribution in [3.8, 4) is 11.3 Å². The Bertz CT molecular complexity index is 1640. The van der Waals surface area contributed by atoms with Crippen molar-refractivity contribution in [2.75, 3.05) is 6.54 Å². The van der Waals surface area contributed by atoms with E-state index in [0.29, 0.717) is 23.6 Å². The molecule has 7 nitrogen and oxygen atoms in total. The van der Waals surface area contributed by atoms with Crippen LogP contribution in [0, 0.1) is 5.82 Å². The van der Waals surface area contributed by atoms with Gasteiger partial charge >= 0.3 is 5.97 Å². The van der Waals surface area contributed by atoms with Crippen LogP contribution in [-0.2, 0) is 16.6 Å². The van der Waals surface area contributed by atoms with E-state index in [9.17, 15) is 9.59 Å². The van der Waals surface area contributed by atoms with Gasteiger partial charge in [0.2, 0.25) is 0 Å². The molecule has 192 valence electrons. The lowest BCUT2D eigenvalue weighted by molar-refractivity contribution is -0.131. The molecule has 8 heteroatoms. The number of halogens is 1. The maximum Gasteiger partial charge on any atom is 0.328 e. The Kier molecular flexibility index (Phi) is 5.63. The molecule has 6 rings (SSSR count). The number of aromatic nitrogens is 3. The minimum atomic E-state index is -1.15. The fraction of sp³-hybridized carbons (Fsp3) is 0.267. The van der Waals surface area contributed by atoms with Crippen molar-refractivity contribution in [3.63, 3.8) is 0 Å². The quantitative estimate of drug-likeness (QED) is 0.361. The molecule has 2 aromatic heterocycles. The van der Waals surface area contributed by atoms with Gasteiger partial charge < -0.3 is 10.0 Å². The molecule has 0 radical (unpaired) electrons. The lowest BCUT2D eigenvalue weighted by Crippen LogP contribution is -2.39. The summed E-state index contributed by atoms with van der Waals surface area (Å²) in [6.45, 7) is 4.79. The fourth-order valence-electron chi connectivity index (χ4n) is 5.32. The normalized spacial score (nSPS) is 18.1. The van der Waals surface area contributed by atoms with Gasteiger partial charge in [-0.1, -0.05) is 43.3 Å². The van der Waals surface area contributed by atoms with Crippen molar-refractivity contribution < 1.29 is 19.1 Å². The number of carboxylic acids is 1. The second-order valence-corrected chi connectivity index (χ2v) is 10.4. The zero-order chi connectivity index (χ0) is 26.6. The molecule has 1 N–H and O–H groups in total. The fourth-order valence-corrected chi connectivity index (χ4v) is 5.32. The number of aliphatic carboxylic acids is 1. The first-order valence-electron chi connectivity index (χ1n) is 12.8. The van der Waals surface area contributed by atoms with Crippen molar-refractivity contribution >= 4 is 23.6 Å². The molecule has 1 atom stereocenters. The molecule has 4 aromatic rings. The Balaban J connectivity index is 1.42. The Morgan fingerprint density at radius 2 is 1.92 bits per heavy atom. The first-order valence-corrected chi connectivity index (χ1v) is 12.8. The van der Waals surface area contributed by atoms with E-state index >= 15 is 4.39 Å². The van der Waals surface area contributed by atoms with Crippen molar-refractivity contribution in [1.29, 1.82) is 0 Å². The van der Waals surface area contributed by atoms with Gasteiger partial charge in [0.15, 0.2) is 5.65 Å². The van der Waals surface area contributed by atoms with Crippen LogP contribution in [0.5, 0.6) is 0 Å². The standard InChI is InChI=1S/C30H27FN4O3/c1-18-21-8-4-3-6-19(21)12-15-34(18)29(38)24-16-25(30(2)13-14-30)35-26(32-24)17-23(33-35)22-9-5-7-20(28(22)31)10-11-27(36)37/h3-11,16-18H,12-15H2,1-2H3,(H,36,37)/b11-10+/t18-/m1/s1. The van der Waals surface area contributed by atoms with Gasteiger partial charge in [0, 0.05) is 35.2 Å². The molecule has 0 unspecified atom stereocenters. The summed E-state index contributed by atoms with van der Waals surface area (Å²) in [6, 6.07) is 16.4. The molecular formula is C30H27FN4O3. The van der Waals surface area contributed by atoms with Gasteiger partial charge in [0.1, 0.15) is 11.5 Å². The molecule has 38 heavy (non-hydrogen) atoms. The van der Waals surface area contributed by atoms with Gasteiger partial charge in [-0.3, -0.25) is 4.79 Å². The Labute approximate surface area is 219 Å². The number of carbonyl (C=O) groups is 2. The first-order chi connectivity index (χ1) is 18.2. The highest BCUT2D eigenvalue weighted by Crippen LogP contribution is 2.48. The average molecular weight is 511 g/mol. The molecule has 2 aliphatic rings. The third-order valence-corrected chi connectivity index (χ3v) is 7.83. The maximum absolute atomic E-state index is 15.3. The van der Waals surface area contributed by atoms with Crippen molar-refractivity contribution in [1.82, 2.24) is 19.5 Å². The zero-order valence-corrected chi connectivity index (χ0v) is 21.2. The lowest BCUT2D eigenvalue weighted by atomic mass is 9.93. The third-order valence-electron chi connectivity index (χ3n) is 7.83. The van der Waals surface area contributed by atoms with E-state index in [1.807, 2.05) is 30.0 Å². The van der Waals surface area contributed by atoms with Crippen LogP contribution in [-0.4, -0.2) is 43.0 Å². The molecule has 1 aliphatic heterocycles. The number of nitrogens with zero attached hydrogens (tertiary/aromatic N) is 4. The summed E-state index contributed by atoms with van der Waals surface area (Å²) in [5, 5.41) is 13.6. The van der Waals surface area contributed by atoms with Crippen LogP contribution in [0.15, 0.2) is 60.7 Å².